The summed E-state index contributed by atoms with van der Waals surface area (Å²) >= 11 is 6.00. The number of rotatable bonds is 6. The van der Waals surface area contributed by atoms with E-state index in [1.165, 1.54) is 31.4 Å². The second-order valence-corrected chi connectivity index (χ2v) is 4.92. The maximum atomic E-state index is 12.1. The summed E-state index contributed by atoms with van der Waals surface area (Å²) < 4.78 is 10.0. The van der Waals surface area contributed by atoms with Crippen LogP contribution in [0.3, 0.4) is 0 Å². The molecular formula is C16H14ClNO5. The summed E-state index contributed by atoms with van der Waals surface area (Å²) in [5.41, 5.74) is 0.937. The van der Waals surface area contributed by atoms with Gasteiger partial charge in [-0.05, 0) is 42.5 Å². The van der Waals surface area contributed by atoms with E-state index in [1.54, 1.807) is 18.2 Å². The van der Waals surface area contributed by atoms with Crippen LogP contribution >= 0.6 is 11.6 Å². The van der Waals surface area contributed by atoms with Crippen molar-refractivity contribution in [3.8, 4) is 11.5 Å². The monoisotopic (exact) mass is 335 g/mol. The lowest BCUT2D eigenvalue weighted by molar-refractivity contribution is -0.139. The third-order valence-corrected chi connectivity index (χ3v) is 3.18. The Hall–Kier alpha value is -2.73. The Kier molecular flexibility index (Phi) is 5.43. The van der Waals surface area contributed by atoms with E-state index >= 15 is 0 Å². The number of carbonyl (C=O) groups is 2. The number of aliphatic carboxylic acids is 1. The quantitative estimate of drug-likeness (QED) is 0.847. The summed E-state index contributed by atoms with van der Waals surface area (Å²) in [5.74, 6) is -0.500. The lowest BCUT2D eigenvalue weighted by atomic mass is 10.2. The molecule has 0 fully saturated rings. The number of halogens is 1. The molecule has 2 aromatic carbocycles. The van der Waals surface area contributed by atoms with Gasteiger partial charge in [0.15, 0.2) is 6.61 Å². The van der Waals surface area contributed by atoms with E-state index in [9.17, 15) is 9.59 Å². The third kappa shape index (κ3) is 4.62. The first-order chi connectivity index (χ1) is 11.0. The van der Waals surface area contributed by atoms with Crippen LogP contribution in [0.4, 0.5) is 5.69 Å². The molecule has 1 amide bonds. The van der Waals surface area contributed by atoms with Crippen molar-refractivity contribution in [3.63, 3.8) is 0 Å². The van der Waals surface area contributed by atoms with Gasteiger partial charge in [-0.3, -0.25) is 4.79 Å². The summed E-state index contributed by atoms with van der Waals surface area (Å²) in [6.45, 7) is -0.435. The summed E-state index contributed by atoms with van der Waals surface area (Å²) in [5, 5.41) is 11.6. The molecule has 0 spiro atoms. The highest BCUT2D eigenvalue weighted by molar-refractivity contribution is 6.32. The maximum Gasteiger partial charge on any atom is 0.341 e. The molecule has 0 unspecified atom stereocenters. The molecule has 0 aliphatic heterocycles. The molecule has 6 nitrogen and oxygen atoms in total. The topological polar surface area (TPSA) is 84.9 Å². The highest BCUT2D eigenvalue weighted by Crippen LogP contribution is 2.27. The average Bonchev–Trinajstić information content (AvgIpc) is 2.53. The molecule has 2 rings (SSSR count). The molecule has 0 radical (unpaired) electrons. The van der Waals surface area contributed by atoms with Crippen LogP contribution in [-0.4, -0.2) is 30.7 Å². The van der Waals surface area contributed by atoms with Crippen LogP contribution in [0, 0.1) is 0 Å². The number of carbonyl (C=O) groups excluding carboxylic acids is 1. The van der Waals surface area contributed by atoms with Crippen LogP contribution in [0.15, 0.2) is 42.5 Å². The smallest absolute Gasteiger partial charge is 0.341 e. The Balaban J connectivity index is 2.03. The van der Waals surface area contributed by atoms with Crippen molar-refractivity contribution in [2.24, 2.45) is 0 Å². The summed E-state index contributed by atoms with van der Waals surface area (Å²) in [7, 11) is 1.51. The van der Waals surface area contributed by atoms with Gasteiger partial charge in [-0.25, -0.2) is 4.79 Å². The molecule has 2 N–H and O–H groups in total. The fraction of sp³-hybridized carbons (Fsp3) is 0.125. The van der Waals surface area contributed by atoms with Gasteiger partial charge in [0.05, 0.1) is 12.1 Å². The van der Waals surface area contributed by atoms with Crippen molar-refractivity contribution < 1.29 is 24.2 Å². The van der Waals surface area contributed by atoms with Crippen LogP contribution in [0.2, 0.25) is 5.02 Å². The van der Waals surface area contributed by atoms with E-state index < -0.39 is 12.6 Å². The van der Waals surface area contributed by atoms with E-state index in [2.05, 4.69) is 5.32 Å². The molecule has 0 saturated heterocycles. The number of amides is 1. The zero-order valence-corrected chi connectivity index (χ0v) is 13.0. The van der Waals surface area contributed by atoms with Gasteiger partial charge in [0.2, 0.25) is 0 Å². The second kappa shape index (κ2) is 7.51. The Morgan fingerprint density at radius 2 is 1.87 bits per heavy atom. The zero-order valence-electron chi connectivity index (χ0n) is 12.2. The number of carboxylic acid groups (broad SMARTS) is 1. The fourth-order valence-electron chi connectivity index (χ4n) is 1.80. The Morgan fingerprint density at radius 1 is 1.17 bits per heavy atom. The zero-order chi connectivity index (χ0) is 16.8. The fourth-order valence-corrected chi connectivity index (χ4v) is 2.05. The molecule has 0 heterocycles. The largest absolute Gasteiger partial charge is 0.495 e. The second-order valence-electron chi connectivity index (χ2n) is 4.51. The third-order valence-electron chi connectivity index (χ3n) is 2.89. The number of benzene rings is 2. The lowest BCUT2D eigenvalue weighted by Gasteiger charge is -2.09. The number of hydrogen-bond acceptors (Lipinski definition) is 4. The average molecular weight is 336 g/mol. The van der Waals surface area contributed by atoms with Gasteiger partial charge in [0.1, 0.15) is 11.5 Å². The first-order valence-corrected chi connectivity index (χ1v) is 6.97. The normalized spacial score (nSPS) is 10.0. The van der Waals surface area contributed by atoms with Crippen LogP contribution < -0.4 is 14.8 Å². The number of ether oxygens (including phenoxy) is 2. The van der Waals surface area contributed by atoms with Crippen LogP contribution in [0.5, 0.6) is 11.5 Å². The van der Waals surface area contributed by atoms with E-state index in [0.29, 0.717) is 27.8 Å². The number of methoxy groups -OCH3 is 1. The lowest BCUT2D eigenvalue weighted by Crippen LogP contribution is -2.12. The Labute approximate surface area is 137 Å². The number of hydrogen-bond donors (Lipinski definition) is 2. The molecule has 0 saturated carbocycles. The molecule has 0 atom stereocenters. The van der Waals surface area contributed by atoms with Crippen LogP contribution in [-0.2, 0) is 4.79 Å². The van der Waals surface area contributed by atoms with Gasteiger partial charge in [-0.1, -0.05) is 11.6 Å². The van der Waals surface area contributed by atoms with Gasteiger partial charge in [-0.15, -0.1) is 0 Å². The maximum absolute atomic E-state index is 12.1. The molecule has 0 aromatic heterocycles. The molecule has 0 bridgehead atoms. The predicted molar refractivity (Wildman–Crippen MR) is 85.5 cm³/mol. The predicted octanol–water partition coefficient (Wildman–Crippen LogP) is 3.06. The highest BCUT2D eigenvalue weighted by Gasteiger charge is 2.09. The van der Waals surface area contributed by atoms with E-state index in [4.69, 9.17) is 26.2 Å². The number of carboxylic acids is 1. The Morgan fingerprint density at radius 3 is 2.43 bits per heavy atom. The minimum absolute atomic E-state index is 0.323. The summed E-state index contributed by atoms with van der Waals surface area (Å²) in [6.07, 6.45) is 0. The van der Waals surface area contributed by atoms with Gasteiger partial charge in [0.25, 0.3) is 5.91 Å². The van der Waals surface area contributed by atoms with Crippen molar-refractivity contribution in [1.29, 1.82) is 0 Å². The molecule has 0 aliphatic rings. The van der Waals surface area contributed by atoms with Gasteiger partial charge in [0, 0.05) is 11.3 Å². The molecule has 23 heavy (non-hydrogen) atoms. The van der Waals surface area contributed by atoms with E-state index in [-0.39, 0.29) is 5.91 Å². The number of anilines is 1. The summed E-state index contributed by atoms with van der Waals surface area (Å²) in [6, 6.07) is 11.0. The van der Waals surface area contributed by atoms with Crippen molar-refractivity contribution in [2.45, 2.75) is 0 Å². The Bertz CT molecular complexity index is 715. The van der Waals surface area contributed by atoms with Crippen molar-refractivity contribution in [3.05, 3.63) is 53.1 Å². The molecule has 7 heteroatoms. The van der Waals surface area contributed by atoms with Crippen LogP contribution in [0.25, 0.3) is 0 Å². The first-order valence-electron chi connectivity index (χ1n) is 6.59. The minimum Gasteiger partial charge on any atom is -0.495 e. The SMILES string of the molecule is COc1ccc(NC(=O)c2ccc(OCC(=O)O)cc2)cc1Cl. The van der Waals surface area contributed by atoms with Crippen molar-refractivity contribution >= 4 is 29.2 Å². The standard InChI is InChI=1S/C16H14ClNO5/c1-22-14-7-4-11(8-13(14)17)18-16(21)10-2-5-12(6-3-10)23-9-15(19)20/h2-8H,9H2,1H3,(H,18,21)(H,19,20). The van der Waals surface area contributed by atoms with Gasteiger partial charge < -0.3 is 19.9 Å². The summed E-state index contributed by atoms with van der Waals surface area (Å²) in [4.78, 5) is 22.6. The molecule has 2 aromatic rings. The molecule has 0 aliphatic carbocycles. The molecular weight excluding hydrogens is 322 g/mol. The van der Waals surface area contributed by atoms with Crippen molar-refractivity contribution in [2.75, 3.05) is 19.0 Å². The minimum atomic E-state index is -1.07. The van der Waals surface area contributed by atoms with E-state index in [1.807, 2.05) is 0 Å². The molecule has 120 valence electrons. The first kappa shape index (κ1) is 16.6. The van der Waals surface area contributed by atoms with Gasteiger partial charge in [-0.2, -0.15) is 0 Å². The van der Waals surface area contributed by atoms with Crippen LogP contribution in [0.1, 0.15) is 10.4 Å². The highest BCUT2D eigenvalue weighted by atomic mass is 35.5. The van der Waals surface area contributed by atoms with Crippen molar-refractivity contribution in [1.82, 2.24) is 0 Å². The number of nitrogens with one attached hydrogen (secondary N) is 1. The van der Waals surface area contributed by atoms with E-state index in [0.717, 1.165) is 0 Å². The van der Waals surface area contributed by atoms with Gasteiger partial charge >= 0.3 is 5.97 Å².